The van der Waals surface area contributed by atoms with Crippen LogP contribution in [0.25, 0.3) is 0 Å². The Labute approximate surface area is 156 Å². The van der Waals surface area contributed by atoms with Gasteiger partial charge in [-0.15, -0.1) is 0 Å². The number of halogens is 1. The summed E-state index contributed by atoms with van der Waals surface area (Å²) < 4.78 is 11.4. The van der Waals surface area contributed by atoms with Gasteiger partial charge in [-0.25, -0.2) is 0 Å². The Hall–Kier alpha value is -1.76. The highest BCUT2D eigenvalue weighted by molar-refractivity contribution is 14.1. The summed E-state index contributed by atoms with van der Waals surface area (Å²) in [6.45, 7) is 6.10. The van der Waals surface area contributed by atoms with Crippen LogP contribution in [0.15, 0.2) is 30.3 Å². The number of carbonyl (C=O) groups is 1. The molecule has 0 aliphatic carbocycles. The molecule has 0 aliphatic rings. The average Bonchev–Trinajstić information content (AvgIpc) is 2.56. The summed E-state index contributed by atoms with van der Waals surface area (Å²) in [5, 5.41) is 3.07. The molecule has 0 bridgehead atoms. The van der Waals surface area contributed by atoms with Crippen molar-refractivity contribution in [3.63, 3.8) is 0 Å². The van der Waals surface area contributed by atoms with E-state index < -0.39 is 0 Å². The Balaban J connectivity index is 2.28. The smallest absolute Gasteiger partial charge is 0.252 e. The fourth-order valence-corrected chi connectivity index (χ4v) is 3.29. The van der Waals surface area contributed by atoms with Crippen molar-refractivity contribution in [1.29, 1.82) is 0 Å². The van der Waals surface area contributed by atoms with Crippen molar-refractivity contribution in [3.05, 3.63) is 56.2 Å². The topological polar surface area (TPSA) is 47.6 Å². The monoisotopic (exact) mass is 439 g/mol. The van der Waals surface area contributed by atoms with E-state index in [1.54, 1.807) is 26.4 Å². The quantitative estimate of drug-likeness (QED) is 0.702. The molecule has 0 saturated heterocycles. The third-order valence-electron chi connectivity index (χ3n) is 3.97. The largest absolute Gasteiger partial charge is 0.493 e. The van der Waals surface area contributed by atoms with Crippen LogP contribution in [0.2, 0.25) is 0 Å². The number of benzene rings is 2. The van der Waals surface area contributed by atoms with Crippen LogP contribution in [0.5, 0.6) is 11.5 Å². The molecule has 1 N–H and O–H groups in total. The molecule has 0 saturated carbocycles. The van der Waals surface area contributed by atoms with Crippen molar-refractivity contribution in [1.82, 2.24) is 5.32 Å². The molecule has 2 aromatic carbocycles. The molecule has 0 aliphatic heterocycles. The minimum atomic E-state index is -0.131. The van der Waals surface area contributed by atoms with Crippen molar-refractivity contribution in [3.8, 4) is 11.5 Å². The third-order valence-corrected chi connectivity index (χ3v) is 4.86. The van der Waals surface area contributed by atoms with E-state index in [1.165, 1.54) is 5.56 Å². The van der Waals surface area contributed by atoms with E-state index in [-0.39, 0.29) is 11.9 Å². The standard InChI is InChI=1S/C19H22INO3/c1-11-6-7-12(2)14(8-11)13(3)21-19(22)15-9-17(23-4)18(24-5)10-16(15)20/h6-10,13H,1-5H3,(H,21,22). The molecule has 24 heavy (non-hydrogen) atoms. The number of ether oxygens (including phenoxy) is 2. The van der Waals surface area contributed by atoms with Gasteiger partial charge in [0.1, 0.15) is 0 Å². The van der Waals surface area contributed by atoms with E-state index in [2.05, 4.69) is 60.0 Å². The molecule has 1 unspecified atom stereocenters. The number of hydrogen-bond acceptors (Lipinski definition) is 3. The van der Waals surface area contributed by atoms with Gasteiger partial charge in [0.25, 0.3) is 5.91 Å². The van der Waals surface area contributed by atoms with Crippen molar-refractivity contribution < 1.29 is 14.3 Å². The lowest BCUT2D eigenvalue weighted by atomic mass is 9.99. The maximum absolute atomic E-state index is 12.7. The molecule has 5 heteroatoms. The normalized spacial score (nSPS) is 11.8. The van der Waals surface area contributed by atoms with Gasteiger partial charge in [-0.1, -0.05) is 23.8 Å². The Morgan fingerprint density at radius 3 is 2.33 bits per heavy atom. The van der Waals surface area contributed by atoms with Gasteiger partial charge >= 0.3 is 0 Å². The first-order chi connectivity index (χ1) is 11.4. The molecular weight excluding hydrogens is 417 g/mol. The molecule has 0 fully saturated rings. The summed E-state index contributed by atoms with van der Waals surface area (Å²) in [7, 11) is 3.14. The second-order valence-corrected chi connectivity index (χ2v) is 6.90. The Kier molecular flexibility index (Phi) is 6.10. The van der Waals surface area contributed by atoms with Gasteiger partial charge < -0.3 is 14.8 Å². The lowest BCUT2D eigenvalue weighted by molar-refractivity contribution is 0.0938. The first kappa shape index (κ1) is 18.6. The molecule has 0 aromatic heterocycles. The molecule has 2 aromatic rings. The summed E-state index contributed by atoms with van der Waals surface area (Å²) in [6.07, 6.45) is 0. The number of rotatable bonds is 5. The van der Waals surface area contributed by atoms with Crippen LogP contribution in [-0.2, 0) is 0 Å². The number of amides is 1. The van der Waals surface area contributed by atoms with Crippen LogP contribution >= 0.6 is 22.6 Å². The summed E-state index contributed by atoms with van der Waals surface area (Å²) in [5.41, 5.74) is 4.04. The zero-order chi connectivity index (χ0) is 17.9. The molecule has 1 atom stereocenters. The maximum atomic E-state index is 12.7. The summed E-state index contributed by atoms with van der Waals surface area (Å²) in [5.74, 6) is 1.03. The Bertz CT molecular complexity index is 759. The minimum absolute atomic E-state index is 0.0821. The van der Waals surface area contributed by atoms with Crippen LogP contribution < -0.4 is 14.8 Å². The van der Waals surface area contributed by atoms with Crippen molar-refractivity contribution in [2.24, 2.45) is 0 Å². The highest BCUT2D eigenvalue weighted by Crippen LogP contribution is 2.31. The average molecular weight is 439 g/mol. The number of nitrogens with one attached hydrogen (secondary N) is 1. The molecule has 0 spiro atoms. The number of methoxy groups -OCH3 is 2. The highest BCUT2D eigenvalue weighted by Gasteiger charge is 2.18. The zero-order valence-corrected chi connectivity index (χ0v) is 16.7. The van der Waals surface area contributed by atoms with Crippen molar-refractivity contribution >= 4 is 28.5 Å². The van der Waals surface area contributed by atoms with E-state index in [1.807, 2.05) is 6.92 Å². The zero-order valence-electron chi connectivity index (χ0n) is 14.6. The number of hydrogen-bond donors (Lipinski definition) is 1. The molecular formula is C19H22INO3. The first-order valence-corrected chi connectivity index (χ1v) is 8.74. The number of carbonyl (C=O) groups excluding carboxylic acids is 1. The predicted octanol–water partition coefficient (Wildman–Crippen LogP) is 4.42. The van der Waals surface area contributed by atoms with Crippen molar-refractivity contribution in [2.45, 2.75) is 26.8 Å². The van der Waals surface area contributed by atoms with Gasteiger partial charge in [0.05, 0.1) is 25.8 Å². The summed E-state index contributed by atoms with van der Waals surface area (Å²) >= 11 is 2.13. The van der Waals surface area contributed by atoms with Gasteiger partial charge in [-0.05, 0) is 66.6 Å². The second-order valence-electron chi connectivity index (χ2n) is 5.74. The maximum Gasteiger partial charge on any atom is 0.252 e. The Morgan fingerprint density at radius 1 is 1.08 bits per heavy atom. The molecule has 4 nitrogen and oxygen atoms in total. The van der Waals surface area contributed by atoms with Gasteiger partial charge in [-0.3, -0.25) is 4.79 Å². The predicted molar refractivity (Wildman–Crippen MR) is 104 cm³/mol. The van der Waals surface area contributed by atoms with Crippen LogP contribution in [-0.4, -0.2) is 20.1 Å². The fraction of sp³-hybridized carbons (Fsp3) is 0.316. The van der Waals surface area contributed by atoms with Gasteiger partial charge in [0, 0.05) is 3.57 Å². The lowest BCUT2D eigenvalue weighted by Crippen LogP contribution is -2.28. The summed E-state index contributed by atoms with van der Waals surface area (Å²) in [6, 6.07) is 9.70. The van der Waals surface area contributed by atoms with Gasteiger partial charge in [0.2, 0.25) is 0 Å². The van der Waals surface area contributed by atoms with E-state index in [9.17, 15) is 4.79 Å². The minimum Gasteiger partial charge on any atom is -0.493 e. The van der Waals surface area contributed by atoms with E-state index >= 15 is 0 Å². The first-order valence-electron chi connectivity index (χ1n) is 7.67. The second kappa shape index (κ2) is 7.88. The molecule has 1 amide bonds. The lowest BCUT2D eigenvalue weighted by Gasteiger charge is -2.18. The third kappa shape index (κ3) is 4.01. The van der Waals surface area contributed by atoms with Crippen LogP contribution in [0.1, 0.15) is 40.0 Å². The molecule has 2 rings (SSSR count). The van der Waals surface area contributed by atoms with E-state index in [0.29, 0.717) is 17.1 Å². The van der Waals surface area contributed by atoms with E-state index in [0.717, 1.165) is 14.7 Å². The molecule has 0 heterocycles. The van der Waals surface area contributed by atoms with Crippen LogP contribution in [0.4, 0.5) is 0 Å². The molecule has 0 radical (unpaired) electrons. The van der Waals surface area contributed by atoms with Crippen molar-refractivity contribution in [2.75, 3.05) is 14.2 Å². The van der Waals surface area contributed by atoms with E-state index in [4.69, 9.17) is 9.47 Å². The highest BCUT2D eigenvalue weighted by atomic mass is 127. The fourth-order valence-electron chi connectivity index (χ4n) is 2.61. The van der Waals surface area contributed by atoms with Crippen LogP contribution in [0.3, 0.4) is 0 Å². The summed E-state index contributed by atoms with van der Waals surface area (Å²) in [4.78, 5) is 12.7. The Morgan fingerprint density at radius 2 is 1.71 bits per heavy atom. The van der Waals surface area contributed by atoms with Gasteiger partial charge in [0.15, 0.2) is 11.5 Å². The molecule has 128 valence electrons. The SMILES string of the molecule is COc1cc(I)c(C(=O)NC(C)c2cc(C)ccc2C)cc1OC. The number of aryl methyl sites for hydroxylation is 2. The van der Waals surface area contributed by atoms with Gasteiger partial charge in [-0.2, -0.15) is 0 Å². The van der Waals surface area contributed by atoms with Crippen LogP contribution in [0, 0.1) is 17.4 Å².